The van der Waals surface area contributed by atoms with Crippen LogP contribution in [0.15, 0.2) is 41.2 Å². The number of urea groups is 1. The summed E-state index contributed by atoms with van der Waals surface area (Å²) in [5, 5.41) is 3.15. The van der Waals surface area contributed by atoms with Gasteiger partial charge in [0.2, 0.25) is 0 Å². The predicted octanol–water partition coefficient (Wildman–Crippen LogP) is 2.51. The summed E-state index contributed by atoms with van der Waals surface area (Å²) in [7, 11) is 0. The van der Waals surface area contributed by atoms with Gasteiger partial charge in [0.1, 0.15) is 0 Å². The standard InChI is InChI=1S/C20H23N5O2/c1-3-23(4-2)20(27)24-11-10-16-15(13-24)19(26)25-18(21-16)12-17(22-25)14-8-6-5-7-9-14/h5-9,12,22H,3-4,10-11,13H2,1-2H3. The number of carbonyl (C=O) groups is 1. The third-order valence-electron chi connectivity index (χ3n) is 5.15. The SMILES string of the molecule is CCN(CC)C(=O)N1CCc2nc3cc(-c4ccccc4)[nH]n3c(=O)c2C1. The lowest BCUT2D eigenvalue weighted by Gasteiger charge is -2.32. The van der Waals surface area contributed by atoms with Gasteiger partial charge in [0.15, 0.2) is 5.65 Å². The van der Waals surface area contributed by atoms with Gasteiger partial charge in [-0.1, -0.05) is 30.3 Å². The molecule has 7 nitrogen and oxygen atoms in total. The molecule has 1 aliphatic rings. The second kappa shape index (κ2) is 6.90. The van der Waals surface area contributed by atoms with Crippen molar-refractivity contribution in [2.24, 2.45) is 0 Å². The molecular formula is C20H23N5O2. The van der Waals surface area contributed by atoms with E-state index in [0.717, 1.165) is 17.0 Å². The number of fused-ring (bicyclic) bond motifs is 2. The van der Waals surface area contributed by atoms with Crippen LogP contribution in [0.25, 0.3) is 16.9 Å². The highest BCUT2D eigenvalue weighted by atomic mass is 16.2. The Bertz CT molecular complexity index is 1030. The summed E-state index contributed by atoms with van der Waals surface area (Å²) in [6.45, 7) is 6.13. The zero-order valence-corrected chi connectivity index (χ0v) is 15.6. The Hall–Kier alpha value is -3.09. The Balaban J connectivity index is 1.72. The average molecular weight is 365 g/mol. The maximum Gasteiger partial charge on any atom is 0.320 e. The number of aromatic nitrogens is 3. The van der Waals surface area contributed by atoms with E-state index < -0.39 is 0 Å². The second-order valence-electron chi connectivity index (χ2n) is 6.70. The van der Waals surface area contributed by atoms with E-state index in [1.165, 1.54) is 4.52 Å². The number of H-pyrrole nitrogens is 1. The molecule has 0 fully saturated rings. The summed E-state index contributed by atoms with van der Waals surface area (Å²) in [6.07, 6.45) is 0.597. The summed E-state index contributed by atoms with van der Waals surface area (Å²) in [6, 6.07) is 11.7. The normalized spacial score (nSPS) is 13.6. The maximum atomic E-state index is 13.0. The van der Waals surface area contributed by atoms with E-state index in [4.69, 9.17) is 0 Å². The largest absolute Gasteiger partial charge is 0.325 e. The van der Waals surface area contributed by atoms with Crippen molar-refractivity contribution in [1.29, 1.82) is 0 Å². The number of hydrogen-bond acceptors (Lipinski definition) is 3. The van der Waals surface area contributed by atoms with Crippen LogP contribution in [0.3, 0.4) is 0 Å². The minimum absolute atomic E-state index is 0.0217. The molecule has 0 bridgehead atoms. The maximum absolute atomic E-state index is 13.0. The minimum Gasteiger partial charge on any atom is -0.325 e. The Morgan fingerprint density at radius 1 is 1.22 bits per heavy atom. The highest BCUT2D eigenvalue weighted by Gasteiger charge is 2.27. The number of amides is 2. The second-order valence-corrected chi connectivity index (χ2v) is 6.70. The van der Waals surface area contributed by atoms with Gasteiger partial charge < -0.3 is 9.80 Å². The van der Waals surface area contributed by atoms with E-state index in [0.29, 0.717) is 43.8 Å². The third kappa shape index (κ3) is 2.99. The van der Waals surface area contributed by atoms with Crippen LogP contribution < -0.4 is 5.56 Å². The topological polar surface area (TPSA) is 73.7 Å². The van der Waals surface area contributed by atoms with E-state index >= 15 is 0 Å². The first-order valence-electron chi connectivity index (χ1n) is 9.35. The highest BCUT2D eigenvalue weighted by Crippen LogP contribution is 2.20. The zero-order chi connectivity index (χ0) is 19.0. The number of rotatable bonds is 3. The molecule has 0 saturated heterocycles. The molecule has 4 rings (SSSR count). The molecule has 0 saturated carbocycles. The van der Waals surface area contributed by atoms with Crippen LogP contribution in [0.5, 0.6) is 0 Å². The Kier molecular flexibility index (Phi) is 4.43. The summed E-state index contributed by atoms with van der Waals surface area (Å²) >= 11 is 0. The molecule has 0 aliphatic carbocycles. The van der Waals surface area contributed by atoms with Crippen molar-refractivity contribution in [1.82, 2.24) is 24.4 Å². The lowest BCUT2D eigenvalue weighted by Crippen LogP contribution is -2.47. The first-order valence-corrected chi connectivity index (χ1v) is 9.35. The molecule has 0 unspecified atom stereocenters. The zero-order valence-electron chi connectivity index (χ0n) is 15.6. The smallest absolute Gasteiger partial charge is 0.320 e. The molecule has 2 aromatic heterocycles. The van der Waals surface area contributed by atoms with Crippen molar-refractivity contribution in [2.75, 3.05) is 19.6 Å². The number of benzene rings is 1. The molecule has 0 spiro atoms. The summed E-state index contributed by atoms with van der Waals surface area (Å²) in [4.78, 5) is 33.9. The van der Waals surface area contributed by atoms with Gasteiger partial charge in [-0.05, 0) is 19.4 Å². The molecule has 3 aromatic rings. The molecular weight excluding hydrogens is 342 g/mol. The molecule has 2 amide bonds. The number of carbonyl (C=O) groups excluding carboxylic acids is 1. The number of nitrogens with zero attached hydrogens (tertiary/aromatic N) is 4. The van der Waals surface area contributed by atoms with Crippen LogP contribution in [0.1, 0.15) is 25.1 Å². The molecule has 140 valence electrons. The molecule has 3 heterocycles. The fourth-order valence-electron chi connectivity index (χ4n) is 3.60. The lowest BCUT2D eigenvalue weighted by molar-refractivity contribution is 0.151. The van der Waals surface area contributed by atoms with Gasteiger partial charge >= 0.3 is 6.03 Å². The van der Waals surface area contributed by atoms with Crippen molar-refractivity contribution in [3.63, 3.8) is 0 Å². The van der Waals surface area contributed by atoms with Gasteiger partial charge in [-0.2, -0.15) is 0 Å². The first-order chi connectivity index (χ1) is 13.1. The van der Waals surface area contributed by atoms with Crippen LogP contribution in [-0.2, 0) is 13.0 Å². The molecule has 0 radical (unpaired) electrons. The molecule has 7 heteroatoms. The van der Waals surface area contributed by atoms with E-state index in [9.17, 15) is 9.59 Å². The Morgan fingerprint density at radius 2 is 1.96 bits per heavy atom. The fourth-order valence-corrected chi connectivity index (χ4v) is 3.60. The summed E-state index contributed by atoms with van der Waals surface area (Å²) < 4.78 is 1.48. The minimum atomic E-state index is -0.130. The van der Waals surface area contributed by atoms with Gasteiger partial charge in [0, 0.05) is 32.1 Å². The van der Waals surface area contributed by atoms with Gasteiger partial charge in [-0.3, -0.25) is 9.89 Å². The number of hydrogen-bond donors (Lipinski definition) is 1. The highest BCUT2D eigenvalue weighted by molar-refractivity contribution is 5.74. The predicted molar refractivity (Wildman–Crippen MR) is 104 cm³/mol. The van der Waals surface area contributed by atoms with E-state index in [1.807, 2.05) is 50.2 Å². The van der Waals surface area contributed by atoms with E-state index in [1.54, 1.807) is 9.80 Å². The Labute approximate surface area is 157 Å². The van der Waals surface area contributed by atoms with Gasteiger partial charge in [-0.15, -0.1) is 0 Å². The molecule has 1 aromatic carbocycles. The van der Waals surface area contributed by atoms with Crippen molar-refractivity contribution in [2.45, 2.75) is 26.8 Å². The van der Waals surface area contributed by atoms with Crippen LogP contribution in [0.2, 0.25) is 0 Å². The first kappa shape index (κ1) is 17.3. The Morgan fingerprint density at radius 3 is 2.67 bits per heavy atom. The molecule has 0 atom stereocenters. The van der Waals surface area contributed by atoms with Crippen molar-refractivity contribution >= 4 is 11.7 Å². The number of nitrogens with one attached hydrogen (secondary N) is 1. The molecule has 1 aliphatic heterocycles. The lowest BCUT2D eigenvalue weighted by atomic mass is 10.1. The van der Waals surface area contributed by atoms with Crippen LogP contribution >= 0.6 is 0 Å². The van der Waals surface area contributed by atoms with Crippen molar-refractivity contribution in [3.8, 4) is 11.3 Å². The monoisotopic (exact) mass is 365 g/mol. The van der Waals surface area contributed by atoms with Crippen molar-refractivity contribution < 1.29 is 4.79 Å². The van der Waals surface area contributed by atoms with Gasteiger partial charge in [0.25, 0.3) is 5.56 Å². The van der Waals surface area contributed by atoms with Crippen LogP contribution in [-0.4, -0.2) is 50.1 Å². The summed E-state index contributed by atoms with van der Waals surface area (Å²) in [5.74, 6) is 0. The van der Waals surface area contributed by atoms with Crippen molar-refractivity contribution in [3.05, 3.63) is 58.0 Å². The van der Waals surface area contributed by atoms with E-state index in [-0.39, 0.29) is 11.6 Å². The average Bonchev–Trinajstić information content (AvgIpc) is 3.14. The molecule has 1 N–H and O–H groups in total. The number of aromatic amines is 1. The van der Waals surface area contributed by atoms with Gasteiger partial charge in [-0.25, -0.2) is 14.3 Å². The van der Waals surface area contributed by atoms with Gasteiger partial charge in [0.05, 0.1) is 23.5 Å². The fraction of sp³-hybridized carbons (Fsp3) is 0.350. The van der Waals surface area contributed by atoms with E-state index in [2.05, 4.69) is 10.1 Å². The summed E-state index contributed by atoms with van der Waals surface area (Å²) in [5.41, 5.74) is 3.72. The third-order valence-corrected chi connectivity index (χ3v) is 5.15. The molecule has 27 heavy (non-hydrogen) atoms. The van der Waals surface area contributed by atoms with Crippen LogP contribution in [0.4, 0.5) is 4.79 Å². The quantitative estimate of drug-likeness (QED) is 0.775. The van der Waals surface area contributed by atoms with Crippen LogP contribution in [0, 0.1) is 0 Å².